The van der Waals surface area contributed by atoms with E-state index >= 15 is 0 Å². The predicted molar refractivity (Wildman–Crippen MR) is 70.6 cm³/mol. The lowest BCUT2D eigenvalue weighted by molar-refractivity contribution is -0.384. The average molecular weight is 307 g/mol. The Hall–Kier alpha value is -2.08. The van der Waals surface area contributed by atoms with Crippen LogP contribution in [0.2, 0.25) is 0 Å². The zero-order valence-electron chi connectivity index (χ0n) is 9.01. The highest BCUT2D eigenvalue weighted by molar-refractivity contribution is 9.10. The lowest BCUT2D eigenvalue weighted by Crippen LogP contribution is -2.05. The maximum absolute atomic E-state index is 11.0. The van der Waals surface area contributed by atoms with Crippen LogP contribution in [0.4, 0.5) is 17.1 Å². The SMILES string of the molecule is O=[N+]([O-])c1cccc2c1Nc1cccc(Br)c1O2. The second-order valence-corrected chi connectivity index (χ2v) is 4.61. The van der Waals surface area contributed by atoms with Gasteiger partial charge in [-0.15, -0.1) is 0 Å². The molecule has 90 valence electrons. The van der Waals surface area contributed by atoms with Gasteiger partial charge < -0.3 is 10.1 Å². The van der Waals surface area contributed by atoms with E-state index in [0.29, 0.717) is 22.9 Å². The van der Waals surface area contributed by atoms with Crippen LogP contribution in [0, 0.1) is 10.1 Å². The lowest BCUT2D eigenvalue weighted by atomic mass is 10.2. The maximum atomic E-state index is 11.0. The van der Waals surface area contributed by atoms with Crippen LogP contribution in [0.25, 0.3) is 0 Å². The Balaban J connectivity index is 2.16. The fourth-order valence-electron chi connectivity index (χ4n) is 1.84. The first-order valence-corrected chi connectivity index (χ1v) is 5.97. The molecule has 5 nitrogen and oxygen atoms in total. The Morgan fingerprint density at radius 2 is 2.00 bits per heavy atom. The second kappa shape index (κ2) is 3.99. The highest BCUT2D eigenvalue weighted by atomic mass is 79.9. The maximum Gasteiger partial charge on any atom is 0.296 e. The highest BCUT2D eigenvalue weighted by Gasteiger charge is 2.25. The molecule has 0 bridgehead atoms. The Bertz CT molecular complexity index is 658. The van der Waals surface area contributed by atoms with Gasteiger partial charge in [-0.05, 0) is 34.1 Å². The summed E-state index contributed by atoms with van der Waals surface area (Å²) in [5.41, 5.74) is 1.08. The number of fused-ring (bicyclic) bond motifs is 2. The van der Waals surface area contributed by atoms with E-state index in [4.69, 9.17) is 4.74 Å². The standard InChI is InChI=1S/C12H7BrN2O3/c13-7-3-1-4-8-12(7)18-10-6-2-5-9(15(16)17)11(10)14-8/h1-6,14H. The van der Waals surface area contributed by atoms with Crippen LogP contribution in [-0.4, -0.2) is 4.92 Å². The molecule has 18 heavy (non-hydrogen) atoms. The molecule has 0 radical (unpaired) electrons. The first-order chi connectivity index (χ1) is 8.66. The molecule has 0 aliphatic carbocycles. The van der Waals surface area contributed by atoms with E-state index in [0.717, 1.165) is 4.47 Å². The topological polar surface area (TPSA) is 64.4 Å². The number of nitrogens with zero attached hydrogens (tertiary/aromatic N) is 1. The van der Waals surface area contributed by atoms with Crippen LogP contribution < -0.4 is 10.1 Å². The van der Waals surface area contributed by atoms with E-state index in [-0.39, 0.29) is 5.69 Å². The Labute approximate surface area is 111 Å². The molecule has 3 rings (SSSR count). The number of benzene rings is 2. The molecule has 1 heterocycles. The molecule has 0 aromatic heterocycles. The second-order valence-electron chi connectivity index (χ2n) is 3.75. The quantitative estimate of drug-likeness (QED) is 0.540. The number of hydrogen-bond acceptors (Lipinski definition) is 4. The van der Waals surface area contributed by atoms with E-state index in [1.807, 2.05) is 12.1 Å². The summed E-state index contributed by atoms with van der Waals surface area (Å²) < 4.78 is 6.48. The molecule has 0 fully saturated rings. The average Bonchev–Trinajstić information content (AvgIpc) is 2.36. The largest absolute Gasteiger partial charge is 0.452 e. The van der Waals surface area contributed by atoms with Crippen LogP contribution in [0.5, 0.6) is 11.5 Å². The number of rotatable bonds is 1. The van der Waals surface area contributed by atoms with Crippen molar-refractivity contribution in [3.05, 3.63) is 51.0 Å². The van der Waals surface area contributed by atoms with Gasteiger partial charge in [-0.2, -0.15) is 0 Å². The van der Waals surface area contributed by atoms with Crippen molar-refractivity contribution in [2.45, 2.75) is 0 Å². The van der Waals surface area contributed by atoms with Gasteiger partial charge in [-0.25, -0.2) is 0 Å². The monoisotopic (exact) mass is 306 g/mol. The van der Waals surface area contributed by atoms with E-state index in [1.54, 1.807) is 18.2 Å². The van der Waals surface area contributed by atoms with Crippen molar-refractivity contribution in [3.63, 3.8) is 0 Å². The number of nitro benzene ring substituents is 1. The summed E-state index contributed by atoms with van der Waals surface area (Å²) in [4.78, 5) is 10.5. The van der Waals surface area contributed by atoms with Crippen LogP contribution in [0.15, 0.2) is 40.9 Å². The molecule has 0 atom stereocenters. The van der Waals surface area contributed by atoms with Crippen LogP contribution in [-0.2, 0) is 0 Å². The third kappa shape index (κ3) is 1.62. The minimum Gasteiger partial charge on any atom is -0.452 e. The van der Waals surface area contributed by atoms with Gasteiger partial charge >= 0.3 is 0 Å². The van der Waals surface area contributed by atoms with Crippen molar-refractivity contribution in [2.75, 3.05) is 5.32 Å². The Kier molecular flexibility index (Phi) is 2.45. The fraction of sp³-hybridized carbons (Fsp3) is 0. The Morgan fingerprint density at radius 3 is 2.78 bits per heavy atom. The van der Waals surface area contributed by atoms with E-state index in [1.165, 1.54) is 6.07 Å². The van der Waals surface area contributed by atoms with Gasteiger partial charge in [0.2, 0.25) is 0 Å². The van der Waals surface area contributed by atoms with Gasteiger partial charge in [0.15, 0.2) is 17.2 Å². The van der Waals surface area contributed by atoms with E-state index in [2.05, 4.69) is 21.2 Å². The molecule has 1 aliphatic heterocycles. The predicted octanol–water partition coefficient (Wildman–Crippen LogP) is 4.21. The molecule has 0 amide bonds. The first kappa shape index (κ1) is 11.0. The van der Waals surface area contributed by atoms with Crippen molar-refractivity contribution >= 4 is 33.0 Å². The molecule has 2 aromatic carbocycles. The molecule has 0 saturated carbocycles. The molecule has 0 unspecified atom stereocenters. The molecule has 2 aromatic rings. The third-order valence-corrected chi connectivity index (χ3v) is 3.26. The van der Waals surface area contributed by atoms with Crippen molar-refractivity contribution in [1.82, 2.24) is 0 Å². The van der Waals surface area contributed by atoms with Crippen molar-refractivity contribution in [1.29, 1.82) is 0 Å². The summed E-state index contributed by atoms with van der Waals surface area (Å²) in [6.45, 7) is 0. The number of halogens is 1. The molecular weight excluding hydrogens is 300 g/mol. The number of nitro groups is 1. The molecule has 1 N–H and O–H groups in total. The molecular formula is C12H7BrN2O3. The Morgan fingerprint density at radius 1 is 1.22 bits per heavy atom. The van der Waals surface area contributed by atoms with Crippen molar-refractivity contribution in [2.24, 2.45) is 0 Å². The van der Waals surface area contributed by atoms with Gasteiger partial charge in [0.25, 0.3) is 5.69 Å². The van der Waals surface area contributed by atoms with Crippen LogP contribution in [0.3, 0.4) is 0 Å². The summed E-state index contributed by atoms with van der Waals surface area (Å²) >= 11 is 3.38. The summed E-state index contributed by atoms with van der Waals surface area (Å²) in [5.74, 6) is 1.08. The summed E-state index contributed by atoms with van der Waals surface area (Å²) in [5, 5.41) is 14.0. The zero-order valence-corrected chi connectivity index (χ0v) is 10.6. The summed E-state index contributed by atoms with van der Waals surface area (Å²) in [6, 6.07) is 10.2. The van der Waals surface area contributed by atoms with Gasteiger partial charge in [0.1, 0.15) is 0 Å². The number of para-hydroxylation sites is 2. The number of nitrogens with one attached hydrogen (secondary N) is 1. The molecule has 1 aliphatic rings. The van der Waals surface area contributed by atoms with E-state index in [9.17, 15) is 10.1 Å². The third-order valence-electron chi connectivity index (χ3n) is 2.64. The fourth-order valence-corrected chi connectivity index (χ4v) is 2.29. The van der Waals surface area contributed by atoms with Gasteiger partial charge in [-0.1, -0.05) is 12.1 Å². The minimum absolute atomic E-state index is 0.00174. The number of hydrogen-bond donors (Lipinski definition) is 1. The normalized spacial score (nSPS) is 11.8. The molecule has 6 heteroatoms. The van der Waals surface area contributed by atoms with Gasteiger partial charge in [0, 0.05) is 6.07 Å². The molecule has 0 spiro atoms. The summed E-state index contributed by atoms with van der Waals surface area (Å²) in [6.07, 6.45) is 0. The van der Waals surface area contributed by atoms with Crippen molar-refractivity contribution < 1.29 is 9.66 Å². The summed E-state index contributed by atoms with van der Waals surface area (Å²) in [7, 11) is 0. The number of anilines is 2. The van der Waals surface area contributed by atoms with Crippen LogP contribution in [0.1, 0.15) is 0 Å². The van der Waals surface area contributed by atoms with Crippen molar-refractivity contribution in [3.8, 4) is 11.5 Å². The minimum atomic E-state index is -0.432. The first-order valence-electron chi connectivity index (χ1n) is 5.17. The highest BCUT2D eigenvalue weighted by Crippen LogP contribution is 2.48. The smallest absolute Gasteiger partial charge is 0.296 e. The zero-order chi connectivity index (χ0) is 12.7. The number of ether oxygens (including phenoxy) is 1. The lowest BCUT2D eigenvalue weighted by Gasteiger charge is -2.22. The van der Waals surface area contributed by atoms with E-state index < -0.39 is 4.92 Å². The molecule has 0 saturated heterocycles. The van der Waals surface area contributed by atoms with Gasteiger partial charge in [-0.3, -0.25) is 10.1 Å². The van der Waals surface area contributed by atoms with Gasteiger partial charge in [0.05, 0.1) is 15.1 Å². The van der Waals surface area contributed by atoms with Crippen LogP contribution >= 0.6 is 15.9 Å².